The highest BCUT2D eigenvalue weighted by atomic mass is 19.1. The van der Waals surface area contributed by atoms with E-state index in [1.807, 2.05) is 0 Å². The number of hydrogen-bond acceptors (Lipinski definition) is 1. The molecule has 88 valence electrons. The minimum Gasteiger partial charge on any atom is -0.385 e. The summed E-state index contributed by atoms with van der Waals surface area (Å²) in [6.45, 7) is 4.27. The Hall–Kier alpha value is -0.890. The molecular weight excluding hydrogens is 203 g/mol. The van der Waals surface area contributed by atoms with Crippen molar-refractivity contribution >= 4 is 0 Å². The Morgan fingerprint density at radius 2 is 1.88 bits per heavy atom. The van der Waals surface area contributed by atoms with Crippen LogP contribution in [-0.2, 0) is 5.60 Å². The van der Waals surface area contributed by atoms with E-state index in [1.165, 1.54) is 6.07 Å². The van der Waals surface area contributed by atoms with Gasteiger partial charge in [-0.1, -0.05) is 32.0 Å². The molecule has 1 atom stereocenters. The van der Waals surface area contributed by atoms with Crippen molar-refractivity contribution in [1.29, 1.82) is 0 Å². The zero-order chi connectivity index (χ0) is 11.8. The number of hydrogen-bond donors (Lipinski definition) is 1. The minimum absolute atomic E-state index is 0.0925. The molecule has 1 N–H and O–H groups in total. The van der Waals surface area contributed by atoms with Crippen molar-refractivity contribution in [1.82, 2.24) is 0 Å². The van der Waals surface area contributed by atoms with Gasteiger partial charge in [0, 0.05) is 5.56 Å². The molecule has 1 fully saturated rings. The summed E-state index contributed by atoms with van der Waals surface area (Å²) in [7, 11) is 0. The normalized spacial score (nSPS) is 29.0. The standard InChI is InChI=1S/C14H19FO/c1-13(2)8-5-9-14(16,10-13)11-6-3-4-7-12(11)15/h3-4,6-7,16H,5,8-10H2,1-2H3. The number of benzene rings is 1. The second kappa shape index (κ2) is 3.85. The Morgan fingerprint density at radius 1 is 1.19 bits per heavy atom. The number of rotatable bonds is 1. The topological polar surface area (TPSA) is 20.2 Å². The second-order valence-electron chi connectivity index (χ2n) is 5.71. The van der Waals surface area contributed by atoms with E-state index in [-0.39, 0.29) is 11.2 Å². The van der Waals surface area contributed by atoms with E-state index in [1.54, 1.807) is 18.2 Å². The second-order valence-corrected chi connectivity index (χ2v) is 5.71. The van der Waals surface area contributed by atoms with Gasteiger partial charge in [-0.3, -0.25) is 0 Å². The summed E-state index contributed by atoms with van der Waals surface area (Å²) in [5, 5.41) is 10.6. The van der Waals surface area contributed by atoms with E-state index in [0.717, 1.165) is 12.8 Å². The number of halogens is 1. The highest BCUT2D eigenvalue weighted by Gasteiger charge is 2.40. The fraction of sp³-hybridized carbons (Fsp3) is 0.571. The fourth-order valence-electron chi connectivity index (χ4n) is 2.90. The van der Waals surface area contributed by atoms with Crippen LogP contribution in [-0.4, -0.2) is 5.11 Å². The molecule has 2 heteroatoms. The summed E-state index contributed by atoms with van der Waals surface area (Å²) in [6.07, 6.45) is 3.36. The molecule has 1 aromatic carbocycles. The molecule has 1 nitrogen and oxygen atoms in total. The zero-order valence-corrected chi connectivity index (χ0v) is 9.96. The van der Waals surface area contributed by atoms with E-state index in [4.69, 9.17) is 0 Å². The minimum atomic E-state index is -0.979. The van der Waals surface area contributed by atoms with Gasteiger partial charge >= 0.3 is 0 Å². The third kappa shape index (κ3) is 2.12. The van der Waals surface area contributed by atoms with Crippen molar-refractivity contribution < 1.29 is 9.50 Å². The van der Waals surface area contributed by atoms with Crippen LogP contribution in [0.1, 0.15) is 45.1 Å². The van der Waals surface area contributed by atoms with Gasteiger partial charge in [0.25, 0.3) is 0 Å². The molecular formula is C14H19FO. The molecule has 2 rings (SSSR count). The van der Waals surface area contributed by atoms with Crippen molar-refractivity contribution in [3.05, 3.63) is 35.6 Å². The van der Waals surface area contributed by atoms with Crippen LogP contribution in [0.15, 0.2) is 24.3 Å². The molecule has 0 aromatic heterocycles. The monoisotopic (exact) mass is 222 g/mol. The molecule has 1 saturated carbocycles. The summed E-state index contributed by atoms with van der Waals surface area (Å²) < 4.78 is 13.7. The molecule has 0 aliphatic heterocycles. The van der Waals surface area contributed by atoms with Gasteiger partial charge in [-0.05, 0) is 37.2 Å². The summed E-state index contributed by atoms with van der Waals surface area (Å²) in [6, 6.07) is 6.58. The lowest BCUT2D eigenvalue weighted by atomic mass is 9.67. The summed E-state index contributed by atoms with van der Waals surface area (Å²) in [5.41, 5.74) is -0.426. The van der Waals surface area contributed by atoms with Gasteiger partial charge < -0.3 is 5.11 Å². The molecule has 1 aliphatic carbocycles. The average Bonchev–Trinajstić information content (AvgIpc) is 2.16. The van der Waals surface area contributed by atoms with Crippen LogP contribution >= 0.6 is 0 Å². The van der Waals surface area contributed by atoms with E-state index in [2.05, 4.69) is 13.8 Å². The SMILES string of the molecule is CC1(C)CCCC(O)(c2ccccc2F)C1. The van der Waals surface area contributed by atoms with Crippen molar-refractivity contribution in [3.63, 3.8) is 0 Å². The van der Waals surface area contributed by atoms with Gasteiger partial charge in [0.05, 0.1) is 5.60 Å². The van der Waals surface area contributed by atoms with Crippen LogP contribution in [0, 0.1) is 11.2 Å². The van der Waals surface area contributed by atoms with Crippen LogP contribution in [0.3, 0.4) is 0 Å². The van der Waals surface area contributed by atoms with E-state index < -0.39 is 5.60 Å². The first-order chi connectivity index (χ1) is 7.43. The van der Waals surface area contributed by atoms with Crippen LogP contribution in [0.5, 0.6) is 0 Å². The van der Waals surface area contributed by atoms with Crippen molar-refractivity contribution in [3.8, 4) is 0 Å². The maximum Gasteiger partial charge on any atom is 0.129 e. The van der Waals surface area contributed by atoms with Crippen LogP contribution in [0.4, 0.5) is 4.39 Å². The van der Waals surface area contributed by atoms with Gasteiger partial charge in [-0.15, -0.1) is 0 Å². The van der Waals surface area contributed by atoms with E-state index in [0.29, 0.717) is 18.4 Å². The predicted molar refractivity (Wildman–Crippen MR) is 62.5 cm³/mol. The fourth-order valence-corrected chi connectivity index (χ4v) is 2.90. The van der Waals surface area contributed by atoms with Crippen LogP contribution < -0.4 is 0 Å². The summed E-state index contributed by atoms with van der Waals surface area (Å²) in [4.78, 5) is 0. The molecule has 1 aromatic rings. The molecule has 0 radical (unpaired) electrons. The maximum absolute atomic E-state index is 13.7. The predicted octanol–water partition coefficient (Wildman–Crippen LogP) is 3.61. The van der Waals surface area contributed by atoms with E-state index >= 15 is 0 Å². The largest absolute Gasteiger partial charge is 0.385 e. The highest BCUT2D eigenvalue weighted by molar-refractivity contribution is 5.25. The lowest BCUT2D eigenvalue weighted by Crippen LogP contribution is -2.37. The summed E-state index contributed by atoms with van der Waals surface area (Å²) >= 11 is 0. The van der Waals surface area contributed by atoms with Crippen molar-refractivity contribution in [2.75, 3.05) is 0 Å². The Labute approximate surface area is 96.3 Å². The number of aliphatic hydroxyl groups is 1. The first-order valence-electron chi connectivity index (χ1n) is 5.90. The van der Waals surface area contributed by atoms with Gasteiger partial charge in [-0.2, -0.15) is 0 Å². The van der Waals surface area contributed by atoms with Crippen LogP contribution in [0.25, 0.3) is 0 Å². The lowest BCUT2D eigenvalue weighted by Gasteiger charge is -2.41. The van der Waals surface area contributed by atoms with Gasteiger partial charge in [-0.25, -0.2) is 4.39 Å². The molecule has 0 bridgehead atoms. The van der Waals surface area contributed by atoms with E-state index in [9.17, 15) is 9.50 Å². The molecule has 0 heterocycles. The molecule has 1 aliphatic rings. The Morgan fingerprint density at radius 3 is 2.50 bits per heavy atom. The lowest BCUT2D eigenvalue weighted by molar-refractivity contribution is -0.0464. The third-order valence-corrected chi connectivity index (χ3v) is 3.59. The first kappa shape index (κ1) is 11.6. The molecule has 1 unspecified atom stereocenters. The van der Waals surface area contributed by atoms with Crippen molar-refractivity contribution in [2.45, 2.75) is 45.1 Å². The average molecular weight is 222 g/mol. The maximum atomic E-state index is 13.7. The summed E-state index contributed by atoms with van der Waals surface area (Å²) in [5.74, 6) is -0.289. The zero-order valence-electron chi connectivity index (χ0n) is 9.96. The van der Waals surface area contributed by atoms with Gasteiger partial charge in [0.15, 0.2) is 0 Å². The molecule has 0 spiro atoms. The Kier molecular flexibility index (Phi) is 2.79. The first-order valence-corrected chi connectivity index (χ1v) is 5.90. The highest BCUT2D eigenvalue weighted by Crippen LogP contribution is 2.46. The third-order valence-electron chi connectivity index (χ3n) is 3.59. The van der Waals surface area contributed by atoms with Crippen molar-refractivity contribution in [2.24, 2.45) is 5.41 Å². The molecule has 0 amide bonds. The smallest absolute Gasteiger partial charge is 0.129 e. The van der Waals surface area contributed by atoms with Gasteiger partial charge in [0.1, 0.15) is 5.82 Å². The van der Waals surface area contributed by atoms with Crippen LogP contribution in [0.2, 0.25) is 0 Å². The quantitative estimate of drug-likeness (QED) is 0.769. The molecule has 16 heavy (non-hydrogen) atoms. The molecule has 0 saturated heterocycles. The Balaban J connectivity index is 2.35. The Bertz CT molecular complexity index is 386. The van der Waals surface area contributed by atoms with Gasteiger partial charge in [0.2, 0.25) is 0 Å².